The van der Waals surface area contributed by atoms with Crippen molar-refractivity contribution in [2.45, 2.75) is 44.7 Å². The van der Waals surface area contributed by atoms with E-state index >= 15 is 0 Å². The van der Waals surface area contributed by atoms with Crippen LogP contribution in [0.3, 0.4) is 0 Å². The molecule has 1 saturated heterocycles. The number of amides is 1. The van der Waals surface area contributed by atoms with E-state index in [0.29, 0.717) is 13.0 Å². The van der Waals surface area contributed by atoms with Gasteiger partial charge in [0.1, 0.15) is 6.33 Å². The zero-order chi connectivity index (χ0) is 17.4. The molecule has 2 fully saturated rings. The maximum absolute atomic E-state index is 12.8. The van der Waals surface area contributed by atoms with Crippen molar-refractivity contribution >= 4 is 5.91 Å². The summed E-state index contributed by atoms with van der Waals surface area (Å²) in [4.78, 5) is 26.7. The summed E-state index contributed by atoms with van der Waals surface area (Å²) in [6, 6.07) is 10.6. The number of hydrogen-bond donors (Lipinski definition) is 0. The molecule has 2 aromatic rings. The van der Waals surface area contributed by atoms with Gasteiger partial charge in [0.25, 0.3) is 0 Å². The molecule has 1 aromatic heterocycles. The number of nitrogens with zero attached hydrogens (tertiary/aromatic N) is 4. The van der Waals surface area contributed by atoms with Gasteiger partial charge in [0.15, 0.2) is 0 Å². The molecule has 4 rings (SSSR count). The summed E-state index contributed by atoms with van der Waals surface area (Å²) in [6.07, 6.45) is 6.72. The Labute approximate surface area is 147 Å². The second-order valence-corrected chi connectivity index (χ2v) is 7.40. The Hall–Kier alpha value is -2.37. The van der Waals surface area contributed by atoms with Gasteiger partial charge in [-0.1, -0.05) is 43.2 Å². The van der Waals surface area contributed by atoms with E-state index in [1.54, 1.807) is 7.05 Å². The fourth-order valence-electron chi connectivity index (χ4n) is 4.57. The third-order valence-corrected chi connectivity index (χ3v) is 5.84. The van der Waals surface area contributed by atoms with Crippen molar-refractivity contribution in [3.8, 4) is 0 Å². The van der Waals surface area contributed by atoms with E-state index in [-0.39, 0.29) is 23.1 Å². The van der Waals surface area contributed by atoms with Gasteiger partial charge < -0.3 is 4.90 Å². The lowest BCUT2D eigenvalue weighted by atomic mass is 9.67. The molecule has 1 aliphatic carbocycles. The number of hydrogen-bond acceptors (Lipinski definition) is 3. The topological polar surface area (TPSA) is 60.1 Å². The molecular formula is C19H24N4O2. The molecule has 1 spiro atoms. The van der Waals surface area contributed by atoms with Crippen LogP contribution in [0.1, 0.15) is 43.7 Å². The van der Waals surface area contributed by atoms with E-state index < -0.39 is 0 Å². The van der Waals surface area contributed by atoms with Crippen molar-refractivity contribution < 1.29 is 4.79 Å². The normalized spacial score (nSPS) is 21.5. The molecule has 1 unspecified atom stereocenters. The van der Waals surface area contributed by atoms with Gasteiger partial charge in [-0.3, -0.25) is 9.36 Å². The Bertz CT molecular complexity index is 817. The molecule has 0 N–H and O–H groups in total. The predicted octanol–water partition coefficient (Wildman–Crippen LogP) is 2.12. The van der Waals surface area contributed by atoms with Crippen molar-refractivity contribution in [2.24, 2.45) is 12.5 Å². The van der Waals surface area contributed by atoms with Gasteiger partial charge in [0.2, 0.25) is 5.91 Å². The predicted molar refractivity (Wildman–Crippen MR) is 93.9 cm³/mol. The molecule has 2 aliphatic rings. The Morgan fingerprint density at radius 2 is 1.96 bits per heavy atom. The molecule has 1 aromatic carbocycles. The molecule has 0 bridgehead atoms. The average Bonchev–Trinajstić information content (AvgIpc) is 3.22. The highest BCUT2D eigenvalue weighted by Crippen LogP contribution is 2.58. The first-order chi connectivity index (χ1) is 12.1. The standard InChI is InChI=1S/C19H24N4O2/c1-21-14-20-23(18(21)25)12-9-16(24)22-13-19(10-5-6-11-19)17(22)15-7-3-2-4-8-15/h2-4,7-8,14,17H,5-6,9-13H2,1H3. The van der Waals surface area contributed by atoms with Crippen LogP contribution in [0.5, 0.6) is 0 Å². The number of benzene rings is 1. The number of aromatic nitrogens is 3. The van der Waals surface area contributed by atoms with Gasteiger partial charge >= 0.3 is 5.69 Å². The van der Waals surface area contributed by atoms with Crippen LogP contribution < -0.4 is 5.69 Å². The zero-order valence-electron chi connectivity index (χ0n) is 14.6. The van der Waals surface area contributed by atoms with E-state index in [1.807, 2.05) is 23.1 Å². The SMILES string of the molecule is Cn1cnn(CCC(=O)N2CC3(CCCC3)C2c2ccccc2)c1=O. The Kier molecular flexibility index (Phi) is 3.98. The van der Waals surface area contributed by atoms with Crippen molar-refractivity contribution in [2.75, 3.05) is 6.54 Å². The summed E-state index contributed by atoms with van der Waals surface area (Å²) in [7, 11) is 1.67. The first-order valence-electron chi connectivity index (χ1n) is 9.04. The van der Waals surface area contributed by atoms with Crippen molar-refractivity contribution in [1.29, 1.82) is 0 Å². The minimum atomic E-state index is -0.178. The van der Waals surface area contributed by atoms with Crippen molar-refractivity contribution in [3.05, 3.63) is 52.7 Å². The van der Waals surface area contributed by atoms with Gasteiger partial charge in [0.05, 0.1) is 12.6 Å². The fraction of sp³-hybridized carbons (Fsp3) is 0.526. The highest BCUT2D eigenvalue weighted by atomic mass is 16.2. The fourth-order valence-corrected chi connectivity index (χ4v) is 4.57. The van der Waals surface area contributed by atoms with Crippen LogP contribution in [-0.2, 0) is 18.4 Å². The second kappa shape index (κ2) is 6.17. The molecule has 132 valence electrons. The van der Waals surface area contributed by atoms with Crippen LogP contribution in [0, 0.1) is 5.41 Å². The summed E-state index contributed by atoms with van der Waals surface area (Å²) in [5.41, 5.74) is 1.32. The van der Waals surface area contributed by atoms with Gasteiger partial charge in [-0.05, 0) is 18.4 Å². The number of carbonyl (C=O) groups is 1. The zero-order valence-corrected chi connectivity index (χ0v) is 14.6. The maximum Gasteiger partial charge on any atom is 0.345 e. The summed E-state index contributed by atoms with van der Waals surface area (Å²) in [6.45, 7) is 1.19. The van der Waals surface area contributed by atoms with Crippen molar-refractivity contribution in [1.82, 2.24) is 19.2 Å². The number of rotatable bonds is 4. The number of likely N-dealkylation sites (tertiary alicyclic amines) is 1. The van der Waals surface area contributed by atoms with Gasteiger partial charge in [0, 0.05) is 25.4 Å². The molecule has 25 heavy (non-hydrogen) atoms. The van der Waals surface area contributed by atoms with E-state index in [4.69, 9.17) is 0 Å². The summed E-state index contributed by atoms with van der Waals surface area (Å²) < 4.78 is 2.79. The van der Waals surface area contributed by atoms with E-state index in [2.05, 4.69) is 17.2 Å². The first-order valence-corrected chi connectivity index (χ1v) is 9.04. The molecule has 6 nitrogen and oxygen atoms in total. The van der Waals surface area contributed by atoms with Crippen LogP contribution in [0.15, 0.2) is 41.5 Å². The molecule has 1 saturated carbocycles. The highest BCUT2D eigenvalue weighted by Gasteiger charge is 2.55. The van der Waals surface area contributed by atoms with Crippen LogP contribution in [0.25, 0.3) is 0 Å². The third-order valence-electron chi connectivity index (χ3n) is 5.84. The molecule has 2 heterocycles. The molecule has 6 heteroatoms. The quantitative estimate of drug-likeness (QED) is 0.856. The first kappa shape index (κ1) is 16.1. The van der Waals surface area contributed by atoms with E-state index in [9.17, 15) is 9.59 Å². The number of carbonyl (C=O) groups excluding carboxylic acids is 1. The Balaban J connectivity index is 1.50. The maximum atomic E-state index is 12.8. The molecule has 1 amide bonds. The lowest BCUT2D eigenvalue weighted by Gasteiger charge is -2.56. The largest absolute Gasteiger partial charge is 0.345 e. The second-order valence-electron chi connectivity index (χ2n) is 7.40. The van der Waals surface area contributed by atoms with Crippen molar-refractivity contribution in [3.63, 3.8) is 0 Å². The minimum absolute atomic E-state index is 0.115. The molecular weight excluding hydrogens is 316 g/mol. The van der Waals surface area contributed by atoms with Crippen LogP contribution >= 0.6 is 0 Å². The molecule has 0 radical (unpaired) electrons. The van der Waals surface area contributed by atoms with Crippen LogP contribution in [0.4, 0.5) is 0 Å². The van der Waals surface area contributed by atoms with Crippen LogP contribution in [0.2, 0.25) is 0 Å². The Morgan fingerprint density at radius 1 is 1.24 bits per heavy atom. The highest BCUT2D eigenvalue weighted by molar-refractivity contribution is 5.78. The lowest BCUT2D eigenvalue weighted by Crippen LogP contribution is -2.59. The lowest BCUT2D eigenvalue weighted by molar-refractivity contribution is -0.155. The average molecular weight is 340 g/mol. The number of aryl methyl sites for hydroxylation is 2. The molecule has 1 atom stereocenters. The van der Waals surface area contributed by atoms with Gasteiger partial charge in [-0.15, -0.1) is 0 Å². The van der Waals surface area contributed by atoms with E-state index in [1.165, 1.54) is 46.8 Å². The minimum Gasteiger partial charge on any atom is -0.334 e. The van der Waals surface area contributed by atoms with Crippen LogP contribution in [-0.4, -0.2) is 31.7 Å². The summed E-state index contributed by atoms with van der Waals surface area (Å²) >= 11 is 0. The Morgan fingerprint density at radius 3 is 2.60 bits per heavy atom. The van der Waals surface area contributed by atoms with Gasteiger partial charge in [-0.2, -0.15) is 5.10 Å². The summed E-state index contributed by atoms with van der Waals surface area (Å²) in [5.74, 6) is 0.115. The van der Waals surface area contributed by atoms with E-state index in [0.717, 1.165) is 6.54 Å². The molecule has 1 aliphatic heterocycles. The summed E-state index contributed by atoms with van der Waals surface area (Å²) in [5, 5.41) is 4.03. The monoisotopic (exact) mass is 340 g/mol. The smallest absolute Gasteiger partial charge is 0.334 e. The third kappa shape index (κ3) is 2.69. The van der Waals surface area contributed by atoms with Gasteiger partial charge in [-0.25, -0.2) is 9.48 Å².